The first-order valence-electron chi connectivity index (χ1n) is 12.8. The number of aromatic nitrogens is 5. The normalized spacial score (nSPS) is 16.5. The first kappa shape index (κ1) is 23.3. The molecule has 4 aromatic rings. The van der Waals surface area contributed by atoms with Crippen LogP contribution in [0.4, 0.5) is 5.69 Å². The Hall–Kier alpha value is -4.11. The van der Waals surface area contributed by atoms with Gasteiger partial charge in [0.05, 0.1) is 28.8 Å². The van der Waals surface area contributed by atoms with Gasteiger partial charge in [-0.3, -0.25) is 15.1 Å². The predicted molar refractivity (Wildman–Crippen MR) is 149 cm³/mol. The Labute approximate surface area is 216 Å². The fourth-order valence-electron chi connectivity index (χ4n) is 5.13. The monoisotopic (exact) mass is 495 g/mol. The molecule has 0 unspecified atom stereocenters. The summed E-state index contributed by atoms with van der Waals surface area (Å²) in [6.07, 6.45) is 10.4. The van der Waals surface area contributed by atoms with E-state index in [0.717, 1.165) is 76.8 Å². The molecule has 0 spiro atoms. The van der Waals surface area contributed by atoms with Gasteiger partial charge in [0.15, 0.2) is 0 Å². The lowest BCUT2D eigenvalue weighted by atomic mass is 10.1. The quantitative estimate of drug-likeness (QED) is 0.333. The Morgan fingerprint density at radius 3 is 2.68 bits per heavy atom. The highest BCUT2D eigenvalue weighted by atomic mass is 15.3. The molecule has 0 radical (unpaired) electrons. The number of pyridine rings is 2. The number of nitrogens with two attached hydrogens (primary N) is 1. The van der Waals surface area contributed by atoms with Gasteiger partial charge in [0.2, 0.25) is 0 Å². The number of nitrogens with one attached hydrogen (secondary N) is 3. The molecule has 0 amide bonds. The third kappa shape index (κ3) is 4.58. The first-order valence-corrected chi connectivity index (χ1v) is 12.8. The van der Waals surface area contributed by atoms with Crippen molar-refractivity contribution >= 4 is 22.3 Å². The number of aromatic amines is 2. The van der Waals surface area contributed by atoms with E-state index in [9.17, 15) is 0 Å². The van der Waals surface area contributed by atoms with Crippen molar-refractivity contribution in [2.75, 3.05) is 38.5 Å². The highest BCUT2D eigenvalue weighted by Crippen LogP contribution is 2.35. The molecule has 4 aromatic heterocycles. The van der Waals surface area contributed by atoms with Crippen LogP contribution in [0.15, 0.2) is 54.6 Å². The number of likely N-dealkylation sites (N-methyl/N-ethyl adjacent to an activating group) is 1. The van der Waals surface area contributed by atoms with Crippen LogP contribution in [0, 0.1) is 0 Å². The van der Waals surface area contributed by atoms with Crippen LogP contribution in [0.5, 0.6) is 0 Å². The summed E-state index contributed by atoms with van der Waals surface area (Å²) in [7, 11) is 2.18. The topological polar surface area (TPSA) is 115 Å². The van der Waals surface area contributed by atoms with E-state index < -0.39 is 0 Å². The van der Waals surface area contributed by atoms with Crippen LogP contribution in [0.3, 0.4) is 0 Å². The van der Waals surface area contributed by atoms with Crippen molar-refractivity contribution in [1.82, 2.24) is 34.9 Å². The van der Waals surface area contributed by atoms with Gasteiger partial charge in [0.25, 0.3) is 0 Å². The van der Waals surface area contributed by atoms with Gasteiger partial charge in [-0.15, -0.1) is 0 Å². The number of nitrogens with zero attached hydrogens (tertiary/aromatic N) is 5. The molecular formula is C28H33N9. The number of hydrogen-bond acceptors (Lipinski definition) is 7. The lowest BCUT2D eigenvalue weighted by molar-refractivity contribution is 0.207. The van der Waals surface area contributed by atoms with Crippen molar-refractivity contribution in [2.45, 2.75) is 26.3 Å². The molecule has 0 atom stereocenters. The second-order valence-electron chi connectivity index (χ2n) is 10.3. The van der Waals surface area contributed by atoms with E-state index in [1.165, 1.54) is 11.3 Å². The SMILES string of the molecule is CC(C)Nc1cncc(-c2cc3c(-c4cc5c([nH]4)CC(N)=CC=C5N4CCN(C)CC4)n[nH]c3cn2)c1. The third-order valence-corrected chi connectivity index (χ3v) is 7.05. The predicted octanol–water partition coefficient (Wildman–Crippen LogP) is 3.82. The van der Waals surface area contributed by atoms with Crippen LogP contribution in [0.2, 0.25) is 0 Å². The second-order valence-corrected chi connectivity index (χ2v) is 10.3. The van der Waals surface area contributed by atoms with Crippen LogP contribution < -0.4 is 11.1 Å². The molecule has 0 saturated carbocycles. The molecule has 1 aliphatic carbocycles. The lowest BCUT2D eigenvalue weighted by Crippen LogP contribution is -2.43. The summed E-state index contributed by atoms with van der Waals surface area (Å²) in [5.74, 6) is 0. The Morgan fingerprint density at radius 2 is 1.86 bits per heavy atom. The van der Waals surface area contributed by atoms with Gasteiger partial charge in [-0.2, -0.15) is 5.10 Å². The molecule has 1 fully saturated rings. The maximum atomic E-state index is 6.34. The number of fused-ring (bicyclic) bond motifs is 2. The Morgan fingerprint density at radius 1 is 1.03 bits per heavy atom. The summed E-state index contributed by atoms with van der Waals surface area (Å²) in [6.45, 7) is 8.31. The molecule has 190 valence electrons. The average molecular weight is 496 g/mol. The maximum absolute atomic E-state index is 6.34. The van der Waals surface area contributed by atoms with E-state index >= 15 is 0 Å². The summed E-state index contributed by atoms with van der Waals surface area (Å²) >= 11 is 0. The van der Waals surface area contributed by atoms with Gasteiger partial charge >= 0.3 is 0 Å². The number of H-pyrrole nitrogens is 2. The maximum Gasteiger partial charge on any atom is 0.116 e. The summed E-state index contributed by atoms with van der Waals surface area (Å²) in [5, 5.41) is 12.3. The van der Waals surface area contributed by atoms with E-state index in [4.69, 9.17) is 5.73 Å². The fourth-order valence-corrected chi connectivity index (χ4v) is 5.13. The molecule has 1 aliphatic heterocycles. The average Bonchev–Trinajstić information content (AvgIpc) is 3.45. The first-order chi connectivity index (χ1) is 17.9. The molecular weight excluding hydrogens is 462 g/mol. The molecule has 6 rings (SSSR count). The Balaban J connectivity index is 1.38. The van der Waals surface area contributed by atoms with E-state index in [1.54, 1.807) is 0 Å². The smallest absolute Gasteiger partial charge is 0.116 e. The number of anilines is 1. The van der Waals surface area contributed by atoms with Gasteiger partial charge in [0.1, 0.15) is 5.69 Å². The summed E-state index contributed by atoms with van der Waals surface area (Å²) in [6, 6.07) is 6.71. The molecule has 2 aliphatic rings. The van der Waals surface area contributed by atoms with E-state index in [1.807, 2.05) is 24.7 Å². The minimum atomic E-state index is 0.324. The van der Waals surface area contributed by atoms with Crippen molar-refractivity contribution in [1.29, 1.82) is 0 Å². The second kappa shape index (κ2) is 9.40. The van der Waals surface area contributed by atoms with Crippen molar-refractivity contribution in [3.8, 4) is 22.6 Å². The van der Waals surface area contributed by atoms with Crippen molar-refractivity contribution < 1.29 is 0 Å². The van der Waals surface area contributed by atoms with Crippen molar-refractivity contribution in [3.05, 3.63) is 65.9 Å². The van der Waals surface area contributed by atoms with E-state index in [2.05, 4.69) is 85.4 Å². The lowest BCUT2D eigenvalue weighted by Gasteiger charge is -2.35. The van der Waals surface area contributed by atoms with Crippen LogP contribution >= 0.6 is 0 Å². The van der Waals surface area contributed by atoms with E-state index in [0.29, 0.717) is 12.5 Å². The Kier molecular flexibility index (Phi) is 5.92. The van der Waals surface area contributed by atoms with Crippen LogP contribution in [0.1, 0.15) is 25.1 Å². The van der Waals surface area contributed by atoms with Gasteiger partial charge < -0.3 is 25.8 Å². The minimum Gasteiger partial charge on any atom is -0.402 e. The molecule has 37 heavy (non-hydrogen) atoms. The highest BCUT2D eigenvalue weighted by molar-refractivity contribution is 5.94. The molecule has 5 N–H and O–H groups in total. The van der Waals surface area contributed by atoms with Crippen LogP contribution in [-0.2, 0) is 6.42 Å². The van der Waals surface area contributed by atoms with Crippen molar-refractivity contribution in [2.24, 2.45) is 5.73 Å². The van der Waals surface area contributed by atoms with Gasteiger partial charge in [0, 0.05) is 84.6 Å². The molecule has 9 heteroatoms. The summed E-state index contributed by atoms with van der Waals surface area (Å²) in [4.78, 5) is 17.6. The zero-order valence-electron chi connectivity index (χ0n) is 21.5. The Bertz CT molecular complexity index is 1500. The van der Waals surface area contributed by atoms with Gasteiger partial charge in [-0.25, -0.2) is 0 Å². The summed E-state index contributed by atoms with van der Waals surface area (Å²) in [5.41, 5.74) is 16.2. The molecule has 0 bridgehead atoms. The minimum absolute atomic E-state index is 0.324. The fraction of sp³-hybridized carbons (Fsp3) is 0.321. The number of piperazine rings is 1. The van der Waals surface area contributed by atoms with E-state index in [-0.39, 0.29) is 0 Å². The third-order valence-electron chi connectivity index (χ3n) is 7.05. The van der Waals surface area contributed by atoms with Crippen LogP contribution in [0.25, 0.3) is 39.2 Å². The number of hydrogen-bond donors (Lipinski definition) is 4. The molecule has 1 saturated heterocycles. The summed E-state index contributed by atoms with van der Waals surface area (Å²) < 4.78 is 0. The van der Waals surface area contributed by atoms with Crippen LogP contribution in [-0.4, -0.2) is 74.2 Å². The molecule has 5 heterocycles. The van der Waals surface area contributed by atoms with Gasteiger partial charge in [-0.1, -0.05) is 0 Å². The number of rotatable bonds is 5. The van der Waals surface area contributed by atoms with Crippen molar-refractivity contribution in [3.63, 3.8) is 0 Å². The zero-order valence-corrected chi connectivity index (χ0v) is 21.5. The largest absolute Gasteiger partial charge is 0.402 e. The standard InChI is InChI=1S/C28H33N9/c1-17(2)32-20-10-18(14-30-15-20)23-13-22-26(16-31-23)34-35-28(22)25-12-21-24(33-25)11-19(29)4-5-27(21)37-8-6-36(3)7-9-37/h4-5,10,12-17,32-33H,6-9,11,29H2,1-3H3,(H,34,35). The molecule has 0 aromatic carbocycles. The van der Waals surface area contributed by atoms with Gasteiger partial charge in [-0.05, 0) is 51.2 Å². The highest BCUT2D eigenvalue weighted by Gasteiger charge is 2.24. The number of allylic oxidation sites excluding steroid dienone is 3. The zero-order chi connectivity index (χ0) is 25.5. The molecule has 9 nitrogen and oxygen atoms in total.